The number of hydrogen-bond acceptors (Lipinski definition) is 2. The van der Waals surface area contributed by atoms with Gasteiger partial charge in [0, 0.05) is 10.7 Å². The van der Waals surface area contributed by atoms with Crippen molar-refractivity contribution >= 4 is 23.3 Å². The van der Waals surface area contributed by atoms with Gasteiger partial charge in [0.05, 0.1) is 11.6 Å². The van der Waals surface area contributed by atoms with Crippen molar-refractivity contribution in [3.8, 4) is 0 Å². The minimum absolute atomic E-state index is 0.278. The standard InChI is InChI=1S/C21H20ClNO2/c22-15-6-3-11(4-7-15)20-19-13-2-1-12(9-13)18(19)16-10-14(21(24)25)5-8-17(16)23-20/h3-8,10,12-13,18-20,23H,1-2,9H2,(H,24,25)/t12-,13-,18-,19-,20+/m0/s1. The van der Waals surface area contributed by atoms with Crippen molar-refractivity contribution in [3.05, 3.63) is 64.2 Å². The fourth-order valence-electron chi connectivity index (χ4n) is 5.62. The number of fused-ring (bicyclic) bond motifs is 7. The van der Waals surface area contributed by atoms with E-state index in [0.29, 0.717) is 23.3 Å². The fraction of sp³-hybridized carbons (Fsp3) is 0.381. The van der Waals surface area contributed by atoms with Crippen LogP contribution in [0.4, 0.5) is 5.69 Å². The molecule has 0 unspecified atom stereocenters. The molecule has 2 aromatic carbocycles. The molecule has 5 atom stereocenters. The van der Waals surface area contributed by atoms with Crippen molar-refractivity contribution in [2.75, 3.05) is 5.32 Å². The number of hydrogen-bond donors (Lipinski definition) is 2. The molecular formula is C21H20ClNO2. The van der Waals surface area contributed by atoms with Gasteiger partial charge in [0.25, 0.3) is 0 Å². The minimum atomic E-state index is -0.845. The summed E-state index contributed by atoms with van der Waals surface area (Å²) in [5.41, 5.74) is 3.98. The molecule has 2 fully saturated rings. The maximum atomic E-state index is 11.4. The minimum Gasteiger partial charge on any atom is -0.478 e. The molecule has 0 amide bonds. The smallest absolute Gasteiger partial charge is 0.335 e. The number of carbonyl (C=O) groups is 1. The summed E-state index contributed by atoms with van der Waals surface area (Å²) in [6.07, 6.45) is 3.85. The number of rotatable bonds is 2. The molecule has 5 rings (SSSR count). The Hall–Kier alpha value is -2.00. The first-order chi connectivity index (χ1) is 12.1. The monoisotopic (exact) mass is 353 g/mol. The Morgan fingerprint density at radius 3 is 2.60 bits per heavy atom. The summed E-state index contributed by atoms with van der Waals surface area (Å²) in [5.74, 6) is 1.58. The maximum Gasteiger partial charge on any atom is 0.335 e. The lowest BCUT2D eigenvalue weighted by Gasteiger charge is -2.43. The molecule has 3 nitrogen and oxygen atoms in total. The second kappa shape index (κ2) is 5.50. The summed E-state index contributed by atoms with van der Waals surface area (Å²) in [4.78, 5) is 11.4. The Balaban J connectivity index is 1.62. The van der Waals surface area contributed by atoms with Crippen LogP contribution in [0.15, 0.2) is 42.5 Å². The molecule has 2 N–H and O–H groups in total. The number of carboxylic acids is 1. The van der Waals surface area contributed by atoms with Gasteiger partial charge >= 0.3 is 5.97 Å². The largest absolute Gasteiger partial charge is 0.478 e. The molecule has 128 valence electrons. The lowest BCUT2D eigenvalue weighted by molar-refractivity contribution is 0.0696. The van der Waals surface area contributed by atoms with Crippen molar-refractivity contribution in [3.63, 3.8) is 0 Å². The Labute approximate surface area is 152 Å². The van der Waals surface area contributed by atoms with Gasteiger partial charge in [-0.3, -0.25) is 0 Å². The lowest BCUT2D eigenvalue weighted by Crippen LogP contribution is -2.35. The molecule has 2 aliphatic carbocycles. The van der Waals surface area contributed by atoms with Gasteiger partial charge in [0.2, 0.25) is 0 Å². The first-order valence-corrected chi connectivity index (χ1v) is 9.39. The quantitative estimate of drug-likeness (QED) is 0.766. The third kappa shape index (κ3) is 2.29. The molecule has 3 aliphatic rings. The highest BCUT2D eigenvalue weighted by Crippen LogP contribution is 2.63. The van der Waals surface area contributed by atoms with Crippen LogP contribution >= 0.6 is 11.6 Å². The highest BCUT2D eigenvalue weighted by Gasteiger charge is 2.53. The number of nitrogens with one attached hydrogen (secondary N) is 1. The zero-order chi connectivity index (χ0) is 17.1. The van der Waals surface area contributed by atoms with Gasteiger partial charge in [-0.1, -0.05) is 23.7 Å². The molecule has 2 bridgehead atoms. The average Bonchev–Trinajstić information content (AvgIpc) is 3.23. The van der Waals surface area contributed by atoms with E-state index in [1.165, 1.54) is 30.4 Å². The predicted octanol–water partition coefficient (Wildman–Crippen LogP) is 5.33. The predicted molar refractivity (Wildman–Crippen MR) is 98.3 cm³/mol. The number of carboxylic acid groups (broad SMARTS) is 1. The summed E-state index contributed by atoms with van der Waals surface area (Å²) < 4.78 is 0. The molecule has 1 heterocycles. The highest BCUT2D eigenvalue weighted by atomic mass is 35.5. The molecule has 0 spiro atoms. The third-order valence-corrected chi connectivity index (χ3v) is 6.82. The Bertz CT molecular complexity index is 847. The van der Waals surface area contributed by atoms with E-state index in [2.05, 4.69) is 17.4 Å². The molecule has 1 aliphatic heterocycles. The van der Waals surface area contributed by atoms with Crippen molar-refractivity contribution < 1.29 is 9.90 Å². The molecule has 0 radical (unpaired) electrons. The van der Waals surface area contributed by atoms with Crippen LogP contribution in [0.25, 0.3) is 0 Å². The summed E-state index contributed by atoms with van der Waals surface area (Å²) in [6, 6.07) is 14.0. The topological polar surface area (TPSA) is 49.3 Å². The van der Waals surface area contributed by atoms with Gasteiger partial charge in [-0.15, -0.1) is 0 Å². The lowest BCUT2D eigenvalue weighted by atomic mass is 9.68. The Kier molecular flexibility index (Phi) is 3.36. The van der Waals surface area contributed by atoms with Gasteiger partial charge in [-0.2, -0.15) is 0 Å². The van der Waals surface area contributed by atoms with E-state index in [1.54, 1.807) is 6.07 Å². The number of aromatic carboxylic acids is 1. The van der Waals surface area contributed by atoms with E-state index in [9.17, 15) is 9.90 Å². The van der Waals surface area contributed by atoms with E-state index in [0.717, 1.165) is 16.6 Å². The zero-order valence-corrected chi connectivity index (χ0v) is 14.5. The first-order valence-electron chi connectivity index (χ1n) is 9.01. The van der Waals surface area contributed by atoms with Crippen LogP contribution in [-0.4, -0.2) is 11.1 Å². The summed E-state index contributed by atoms with van der Waals surface area (Å²) in [6.45, 7) is 0. The van der Waals surface area contributed by atoms with Crippen LogP contribution in [0.5, 0.6) is 0 Å². The summed E-state index contributed by atoms with van der Waals surface area (Å²) in [7, 11) is 0. The normalized spacial score (nSPS) is 32.0. The average molecular weight is 354 g/mol. The second-order valence-electron chi connectivity index (χ2n) is 7.72. The summed E-state index contributed by atoms with van der Waals surface area (Å²) in [5, 5.41) is 13.9. The van der Waals surface area contributed by atoms with E-state index in [4.69, 9.17) is 11.6 Å². The molecule has 4 heteroatoms. The highest BCUT2D eigenvalue weighted by molar-refractivity contribution is 6.30. The van der Waals surface area contributed by atoms with Crippen molar-refractivity contribution in [1.29, 1.82) is 0 Å². The molecule has 0 saturated heterocycles. The van der Waals surface area contributed by atoms with Gasteiger partial charge in [0.15, 0.2) is 0 Å². The van der Waals surface area contributed by atoms with Crippen molar-refractivity contribution in [1.82, 2.24) is 0 Å². The Morgan fingerprint density at radius 1 is 1.08 bits per heavy atom. The van der Waals surface area contributed by atoms with Crippen LogP contribution < -0.4 is 5.32 Å². The first kappa shape index (κ1) is 15.3. The van der Waals surface area contributed by atoms with Crippen LogP contribution in [-0.2, 0) is 0 Å². The van der Waals surface area contributed by atoms with Gasteiger partial charge < -0.3 is 10.4 Å². The number of halogens is 1. The van der Waals surface area contributed by atoms with Gasteiger partial charge in [-0.25, -0.2) is 4.79 Å². The number of anilines is 1. The molecule has 25 heavy (non-hydrogen) atoms. The van der Waals surface area contributed by atoms with Gasteiger partial charge in [0.1, 0.15) is 0 Å². The molecular weight excluding hydrogens is 334 g/mol. The van der Waals surface area contributed by atoms with E-state index >= 15 is 0 Å². The van der Waals surface area contributed by atoms with Crippen LogP contribution in [0, 0.1) is 17.8 Å². The third-order valence-electron chi connectivity index (χ3n) is 6.56. The Morgan fingerprint density at radius 2 is 1.84 bits per heavy atom. The SMILES string of the molecule is O=C(O)c1ccc2c(c1)[C@@H]1[C@H]3CC[C@@H](C3)[C@@H]1[C@@H](c1ccc(Cl)cc1)N2. The van der Waals surface area contributed by atoms with Crippen molar-refractivity contribution in [2.24, 2.45) is 17.8 Å². The van der Waals surface area contributed by atoms with E-state index in [1.807, 2.05) is 24.3 Å². The molecule has 2 aromatic rings. The van der Waals surface area contributed by atoms with Crippen molar-refractivity contribution in [2.45, 2.75) is 31.2 Å². The molecule has 0 aromatic heterocycles. The summed E-state index contributed by atoms with van der Waals surface area (Å²) >= 11 is 6.08. The van der Waals surface area contributed by atoms with Crippen LogP contribution in [0.2, 0.25) is 5.02 Å². The molecule has 2 saturated carbocycles. The van der Waals surface area contributed by atoms with Crippen LogP contribution in [0.3, 0.4) is 0 Å². The zero-order valence-electron chi connectivity index (χ0n) is 13.8. The van der Waals surface area contributed by atoms with Gasteiger partial charge in [-0.05, 0) is 84.4 Å². The maximum absolute atomic E-state index is 11.4. The second-order valence-corrected chi connectivity index (χ2v) is 8.15. The van der Waals surface area contributed by atoms with E-state index in [-0.39, 0.29) is 6.04 Å². The fourth-order valence-corrected chi connectivity index (χ4v) is 5.75. The number of benzene rings is 2. The van der Waals surface area contributed by atoms with E-state index < -0.39 is 5.97 Å². The van der Waals surface area contributed by atoms with Crippen LogP contribution in [0.1, 0.15) is 52.7 Å².